The predicted molar refractivity (Wildman–Crippen MR) is 150 cm³/mol. The Bertz CT molecular complexity index is 1240. The van der Waals surface area contributed by atoms with Crippen LogP contribution in [-0.2, 0) is 0 Å². The number of hydrogen-bond acceptors (Lipinski definition) is 7. The number of para-hydroxylation sites is 1. The Balaban J connectivity index is 0.00000115. The number of aromatic hydroxyl groups is 1. The van der Waals surface area contributed by atoms with Crippen molar-refractivity contribution < 1.29 is 5.11 Å². The molecule has 1 saturated heterocycles. The number of aromatic nitrogens is 1. The van der Waals surface area contributed by atoms with Crippen LogP contribution in [0.1, 0.15) is 38.2 Å². The summed E-state index contributed by atoms with van der Waals surface area (Å²) in [6, 6.07) is 17.2. The maximum Gasteiger partial charge on any atom is 0.142 e. The number of rotatable bonds is 7. The van der Waals surface area contributed by atoms with Gasteiger partial charge >= 0.3 is 0 Å². The van der Waals surface area contributed by atoms with Crippen LogP contribution < -0.4 is 21.3 Å². The largest absolute Gasteiger partial charge is 0.507 e. The van der Waals surface area contributed by atoms with Crippen LogP contribution in [0.25, 0.3) is 22.4 Å². The average Bonchev–Trinajstić information content (AvgIpc) is 3.39. The molecule has 188 valence electrons. The molecule has 2 heterocycles. The zero-order chi connectivity index (χ0) is 26.1. The highest BCUT2D eigenvalue weighted by molar-refractivity contribution is 5.85. The van der Waals surface area contributed by atoms with E-state index in [4.69, 9.17) is 5.73 Å². The van der Waals surface area contributed by atoms with E-state index in [0.717, 1.165) is 48.6 Å². The van der Waals surface area contributed by atoms with Gasteiger partial charge in [-0.25, -0.2) is 4.98 Å². The molecule has 0 radical (unpaired) electrons. The first-order valence-corrected chi connectivity index (χ1v) is 12.3. The quantitative estimate of drug-likeness (QED) is 0.339. The maximum absolute atomic E-state index is 10.3. The van der Waals surface area contributed by atoms with Crippen LogP contribution in [0.5, 0.6) is 5.75 Å². The number of nitriles is 1. The Morgan fingerprint density at radius 3 is 2.47 bits per heavy atom. The molecule has 0 amide bonds. The van der Waals surface area contributed by atoms with E-state index in [1.54, 1.807) is 18.2 Å². The molecule has 7 nitrogen and oxygen atoms in total. The maximum atomic E-state index is 10.3. The number of nitrogen functional groups attached to an aromatic ring is 1. The number of phenolic OH excluding ortho intramolecular Hbond substituents is 1. The van der Waals surface area contributed by atoms with Gasteiger partial charge in [-0.3, -0.25) is 0 Å². The van der Waals surface area contributed by atoms with E-state index in [9.17, 15) is 10.4 Å². The van der Waals surface area contributed by atoms with Crippen molar-refractivity contribution >= 4 is 17.2 Å². The number of benzene rings is 2. The van der Waals surface area contributed by atoms with Gasteiger partial charge in [-0.15, -0.1) is 0 Å². The first-order chi connectivity index (χ1) is 17.4. The molecule has 0 aliphatic carbocycles. The number of nitrogens with one attached hydrogen (secondary N) is 2. The van der Waals surface area contributed by atoms with Gasteiger partial charge in [0, 0.05) is 29.9 Å². The third-order valence-corrected chi connectivity index (χ3v) is 5.96. The Kier molecular flexibility index (Phi) is 9.32. The monoisotopic (exact) mass is 484 g/mol. The number of nitrogens with two attached hydrogens (primary N) is 1. The van der Waals surface area contributed by atoms with Gasteiger partial charge in [-0.1, -0.05) is 38.1 Å². The van der Waals surface area contributed by atoms with Gasteiger partial charge in [-0.05, 0) is 69.3 Å². The van der Waals surface area contributed by atoms with Crippen molar-refractivity contribution in [1.29, 1.82) is 5.26 Å². The van der Waals surface area contributed by atoms with Crippen molar-refractivity contribution in [2.24, 2.45) is 0 Å². The SMILES string of the molecule is C=C(CCC)Nc1cc(-c2cc(-c3ccccc3O)nc(N)c2C#N)ccc1N1CCCC1.CNC. The van der Waals surface area contributed by atoms with Crippen LogP contribution in [0.4, 0.5) is 17.2 Å². The Hall–Kier alpha value is -4.02. The topological polar surface area (TPSA) is 110 Å². The van der Waals surface area contributed by atoms with E-state index in [1.807, 2.05) is 32.3 Å². The fraction of sp³-hybridized carbons (Fsp3) is 0.310. The van der Waals surface area contributed by atoms with Crippen LogP contribution >= 0.6 is 0 Å². The lowest BCUT2D eigenvalue weighted by atomic mass is 9.97. The van der Waals surface area contributed by atoms with Crippen LogP contribution in [0.15, 0.2) is 60.8 Å². The van der Waals surface area contributed by atoms with E-state index in [2.05, 4.69) is 52.2 Å². The van der Waals surface area contributed by atoms with E-state index in [-0.39, 0.29) is 11.6 Å². The molecule has 1 fully saturated rings. The van der Waals surface area contributed by atoms with Gasteiger partial charge in [-0.2, -0.15) is 5.26 Å². The number of anilines is 3. The van der Waals surface area contributed by atoms with Crippen LogP contribution in [0, 0.1) is 11.3 Å². The third-order valence-electron chi connectivity index (χ3n) is 5.96. The summed E-state index contributed by atoms with van der Waals surface area (Å²) >= 11 is 0. The summed E-state index contributed by atoms with van der Waals surface area (Å²) in [5.74, 6) is 0.254. The molecule has 0 atom stereocenters. The molecular weight excluding hydrogens is 448 g/mol. The van der Waals surface area contributed by atoms with Gasteiger partial charge in [0.15, 0.2) is 0 Å². The molecule has 1 aromatic heterocycles. The lowest BCUT2D eigenvalue weighted by molar-refractivity contribution is 0.477. The molecule has 36 heavy (non-hydrogen) atoms. The van der Waals surface area contributed by atoms with Crippen molar-refractivity contribution in [3.8, 4) is 34.2 Å². The van der Waals surface area contributed by atoms with Gasteiger partial charge in [0.1, 0.15) is 23.2 Å². The van der Waals surface area contributed by atoms with Crippen molar-refractivity contribution in [2.75, 3.05) is 43.1 Å². The third kappa shape index (κ3) is 6.15. The predicted octanol–water partition coefficient (Wildman–Crippen LogP) is 5.74. The Morgan fingerprint density at radius 1 is 1.14 bits per heavy atom. The zero-order valence-corrected chi connectivity index (χ0v) is 21.4. The highest BCUT2D eigenvalue weighted by Gasteiger charge is 2.19. The normalized spacial score (nSPS) is 12.4. The average molecular weight is 485 g/mol. The summed E-state index contributed by atoms with van der Waals surface area (Å²) in [5, 5.41) is 26.4. The van der Waals surface area contributed by atoms with Crippen molar-refractivity contribution in [3.63, 3.8) is 0 Å². The second-order valence-electron chi connectivity index (χ2n) is 8.85. The van der Waals surface area contributed by atoms with E-state index < -0.39 is 0 Å². The molecule has 4 rings (SSSR count). The zero-order valence-electron chi connectivity index (χ0n) is 21.4. The number of nitrogens with zero attached hydrogens (tertiary/aromatic N) is 3. The Morgan fingerprint density at radius 2 is 1.83 bits per heavy atom. The van der Waals surface area contributed by atoms with Gasteiger partial charge in [0.25, 0.3) is 0 Å². The number of pyridine rings is 1. The minimum Gasteiger partial charge on any atom is -0.507 e. The highest BCUT2D eigenvalue weighted by atomic mass is 16.3. The van der Waals surface area contributed by atoms with Crippen molar-refractivity contribution in [2.45, 2.75) is 32.6 Å². The summed E-state index contributed by atoms with van der Waals surface area (Å²) in [6.45, 7) is 8.36. The molecule has 5 N–H and O–H groups in total. The summed E-state index contributed by atoms with van der Waals surface area (Å²) in [5.41, 5.74) is 12.2. The molecular formula is C29H36N6O. The summed E-state index contributed by atoms with van der Waals surface area (Å²) in [4.78, 5) is 6.77. The Labute approximate surface area is 214 Å². The molecule has 0 unspecified atom stereocenters. The lowest BCUT2D eigenvalue weighted by Crippen LogP contribution is -2.19. The standard InChI is InChI=1S/C27H29N5O.C2H7N/c1-3-8-18(2)30-24-15-19(11-12-25(24)32-13-6-7-14-32)21-16-23(31-27(29)22(21)17-28)20-9-4-5-10-26(20)33;1-3-2/h4-5,9-12,15-16,30,33H,2-3,6-8,13-14H2,1H3,(H2,29,31);3H,1-2H3. The van der Waals surface area contributed by atoms with E-state index in [0.29, 0.717) is 22.4 Å². The minimum absolute atomic E-state index is 0.114. The first kappa shape index (κ1) is 26.6. The van der Waals surface area contributed by atoms with Crippen LogP contribution in [-0.4, -0.2) is 37.3 Å². The number of phenols is 1. The first-order valence-electron chi connectivity index (χ1n) is 12.3. The fourth-order valence-electron chi connectivity index (χ4n) is 4.33. The van der Waals surface area contributed by atoms with Gasteiger partial charge in [0.2, 0.25) is 0 Å². The number of hydrogen-bond donors (Lipinski definition) is 4. The van der Waals surface area contributed by atoms with Crippen molar-refractivity contribution in [1.82, 2.24) is 10.3 Å². The molecule has 1 aliphatic heterocycles. The summed E-state index contributed by atoms with van der Waals surface area (Å²) in [7, 11) is 3.75. The van der Waals surface area contributed by atoms with Gasteiger partial charge < -0.3 is 26.4 Å². The molecule has 0 bridgehead atoms. The summed E-state index contributed by atoms with van der Waals surface area (Å²) < 4.78 is 0. The van der Waals surface area contributed by atoms with Gasteiger partial charge in [0.05, 0.1) is 17.1 Å². The molecule has 2 aromatic carbocycles. The fourth-order valence-corrected chi connectivity index (χ4v) is 4.33. The van der Waals surface area contributed by atoms with Crippen molar-refractivity contribution in [3.05, 3.63) is 66.4 Å². The second-order valence-corrected chi connectivity index (χ2v) is 8.85. The second kappa shape index (κ2) is 12.6. The molecule has 7 heteroatoms. The molecule has 0 saturated carbocycles. The molecule has 3 aromatic rings. The van der Waals surface area contributed by atoms with Crippen LogP contribution in [0.3, 0.4) is 0 Å². The van der Waals surface area contributed by atoms with E-state index >= 15 is 0 Å². The lowest BCUT2D eigenvalue weighted by Gasteiger charge is -2.24. The molecule has 1 aliphatic rings. The smallest absolute Gasteiger partial charge is 0.142 e. The van der Waals surface area contributed by atoms with Crippen LogP contribution in [0.2, 0.25) is 0 Å². The molecule has 0 spiro atoms. The van der Waals surface area contributed by atoms with E-state index in [1.165, 1.54) is 12.8 Å². The number of allylic oxidation sites excluding steroid dienone is 1. The highest BCUT2D eigenvalue weighted by Crippen LogP contribution is 2.38. The minimum atomic E-state index is 0.114. The summed E-state index contributed by atoms with van der Waals surface area (Å²) in [6.07, 6.45) is 4.25.